The van der Waals surface area contributed by atoms with Gasteiger partial charge in [0, 0.05) is 11.4 Å². The van der Waals surface area contributed by atoms with Gasteiger partial charge in [-0.2, -0.15) is 13.2 Å². The molecule has 1 amide bonds. The number of para-hydroxylation sites is 1. The molecule has 4 rings (SSSR count). The molecular formula is C29H26F3N3O5S2. The van der Waals surface area contributed by atoms with Crippen molar-refractivity contribution in [3.63, 3.8) is 0 Å². The molecule has 0 heterocycles. The molecule has 0 radical (unpaired) electrons. The van der Waals surface area contributed by atoms with E-state index in [9.17, 15) is 34.8 Å². The molecule has 0 aliphatic heterocycles. The second-order valence-electron chi connectivity index (χ2n) is 9.37. The summed E-state index contributed by atoms with van der Waals surface area (Å²) in [5, 5.41) is 2.56. The van der Waals surface area contributed by atoms with Gasteiger partial charge in [0.2, 0.25) is 5.91 Å². The Bertz CT molecular complexity index is 1810. The quantitative estimate of drug-likeness (QED) is 0.241. The molecule has 2 N–H and O–H groups in total. The lowest BCUT2D eigenvalue weighted by atomic mass is 10.2. The minimum Gasteiger partial charge on any atom is -0.325 e. The number of amides is 1. The zero-order valence-corrected chi connectivity index (χ0v) is 24.0. The van der Waals surface area contributed by atoms with Crippen LogP contribution in [0.2, 0.25) is 0 Å². The number of sulfonamides is 2. The number of nitrogens with one attached hydrogen (secondary N) is 2. The van der Waals surface area contributed by atoms with Crippen LogP contribution in [0.1, 0.15) is 16.7 Å². The van der Waals surface area contributed by atoms with Gasteiger partial charge in [-0.1, -0.05) is 42.0 Å². The molecular weight excluding hydrogens is 591 g/mol. The van der Waals surface area contributed by atoms with Crippen LogP contribution >= 0.6 is 0 Å². The summed E-state index contributed by atoms with van der Waals surface area (Å²) in [6, 6.07) is 21.6. The molecule has 42 heavy (non-hydrogen) atoms. The maximum Gasteiger partial charge on any atom is 0.416 e. The van der Waals surface area contributed by atoms with E-state index in [1.54, 1.807) is 43.3 Å². The van der Waals surface area contributed by atoms with Gasteiger partial charge in [-0.05, 0) is 80.1 Å². The van der Waals surface area contributed by atoms with E-state index in [0.717, 1.165) is 34.1 Å². The van der Waals surface area contributed by atoms with Crippen molar-refractivity contribution in [1.29, 1.82) is 0 Å². The lowest BCUT2D eigenvalue weighted by Gasteiger charge is -2.25. The number of hydrogen-bond donors (Lipinski definition) is 2. The summed E-state index contributed by atoms with van der Waals surface area (Å²) in [7, 11) is -8.39. The van der Waals surface area contributed by atoms with Crippen molar-refractivity contribution in [2.75, 3.05) is 20.9 Å². The Kier molecular flexibility index (Phi) is 8.64. The van der Waals surface area contributed by atoms with Crippen molar-refractivity contribution in [2.24, 2.45) is 0 Å². The summed E-state index contributed by atoms with van der Waals surface area (Å²) in [5.41, 5.74) is 0.706. The monoisotopic (exact) mass is 617 g/mol. The first kappa shape index (κ1) is 30.6. The Morgan fingerprint density at radius 3 is 2.00 bits per heavy atom. The average Bonchev–Trinajstić information content (AvgIpc) is 2.92. The smallest absolute Gasteiger partial charge is 0.325 e. The Morgan fingerprint density at radius 1 is 0.762 bits per heavy atom. The van der Waals surface area contributed by atoms with Gasteiger partial charge >= 0.3 is 6.18 Å². The SMILES string of the molecule is Cc1ccc(S(=O)(=O)N(CC(=O)Nc2ccc(S(=O)(=O)Nc3cccc(C(F)(F)F)c3)cc2)c2ccccc2C)cc1. The van der Waals surface area contributed by atoms with Gasteiger partial charge in [-0.15, -0.1) is 0 Å². The van der Waals surface area contributed by atoms with Crippen molar-refractivity contribution in [2.45, 2.75) is 29.8 Å². The van der Waals surface area contributed by atoms with E-state index >= 15 is 0 Å². The highest BCUT2D eigenvalue weighted by Crippen LogP contribution is 2.31. The maximum atomic E-state index is 13.6. The van der Waals surface area contributed by atoms with E-state index in [1.807, 2.05) is 6.92 Å². The predicted molar refractivity (Wildman–Crippen MR) is 154 cm³/mol. The molecule has 0 aliphatic carbocycles. The molecule has 0 atom stereocenters. The van der Waals surface area contributed by atoms with Crippen LogP contribution in [0.15, 0.2) is 107 Å². The van der Waals surface area contributed by atoms with E-state index < -0.39 is 44.2 Å². The van der Waals surface area contributed by atoms with Gasteiger partial charge < -0.3 is 5.32 Å². The normalized spacial score (nSPS) is 12.0. The van der Waals surface area contributed by atoms with Crippen LogP contribution in [0.5, 0.6) is 0 Å². The predicted octanol–water partition coefficient (Wildman–Crippen LogP) is 5.96. The molecule has 8 nitrogen and oxygen atoms in total. The van der Waals surface area contributed by atoms with Gasteiger partial charge in [-0.3, -0.25) is 13.8 Å². The summed E-state index contributed by atoms with van der Waals surface area (Å²) in [4.78, 5) is 12.8. The number of rotatable bonds is 9. The first-order chi connectivity index (χ1) is 19.7. The number of anilines is 3. The fourth-order valence-electron chi connectivity index (χ4n) is 4.00. The lowest BCUT2D eigenvalue weighted by Crippen LogP contribution is -2.38. The summed E-state index contributed by atoms with van der Waals surface area (Å²) < 4.78 is 94.7. The van der Waals surface area contributed by atoms with Gasteiger partial charge in [0.25, 0.3) is 20.0 Å². The zero-order valence-electron chi connectivity index (χ0n) is 22.4. The molecule has 0 fully saturated rings. The molecule has 4 aromatic rings. The molecule has 0 aliphatic rings. The van der Waals surface area contributed by atoms with Crippen molar-refractivity contribution in [1.82, 2.24) is 0 Å². The van der Waals surface area contributed by atoms with Crippen molar-refractivity contribution >= 4 is 43.0 Å². The topological polar surface area (TPSA) is 113 Å². The van der Waals surface area contributed by atoms with Crippen LogP contribution in [0.25, 0.3) is 0 Å². The molecule has 0 bridgehead atoms. The van der Waals surface area contributed by atoms with Gasteiger partial charge in [0.05, 0.1) is 21.0 Å². The molecule has 0 saturated carbocycles. The summed E-state index contributed by atoms with van der Waals surface area (Å²) in [5.74, 6) is -0.688. The Hall–Kier alpha value is -4.36. The van der Waals surface area contributed by atoms with Crippen LogP contribution in [-0.2, 0) is 31.0 Å². The number of carbonyl (C=O) groups is 1. The van der Waals surface area contributed by atoms with Gasteiger partial charge in [0.1, 0.15) is 6.54 Å². The van der Waals surface area contributed by atoms with Crippen molar-refractivity contribution in [3.8, 4) is 0 Å². The molecule has 0 saturated heterocycles. The lowest BCUT2D eigenvalue weighted by molar-refractivity contribution is -0.137. The number of halogens is 3. The largest absolute Gasteiger partial charge is 0.416 e. The molecule has 13 heteroatoms. The van der Waals surface area contributed by atoms with Gasteiger partial charge in [0.15, 0.2) is 0 Å². The van der Waals surface area contributed by atoms with E-state index in [0.29, 0.717) is 17.3 Å². The average molecular weight is 618 g/mol. The van der Waals surface area contributed by atoms with E-state index in [-0.39, 0.29) is 21.2 Å². The summed E-state index contributed by atoms with van der Waals surface area (Å²) in [6.07, 6.45) is -4.64. The second-order valence-corrected chi connectivity index (χ2v) is 12.9. The van der Waals surface area contributed by atoms with Crippen LogP contribution in [-0.4, -0.2) is 29.3 Å². The first-order valence-electron chi connectivity index (χ1n) is 12.4. The highest BCUT2D eigenvalue weighted by molar-refractivity contribution is 7.93. The first-order valence-corrected chi connectivity index (χ1v) is 15.3. The van der Waals surface area contributed by atoms with Crippen LogP contribution in [0, 0.1) is 13.8 Å². The van der Waals surface area contributed by atoms with E-state index in [4.69, 9.17) is 0 Å². The maximum absolute atomic E-state index is 13.6. The molecule has 0 spiro atoms. The van der Waals surface area contributed by atoms with Crippen LogP contribution in [0.4, 0.5) is 30.2 Å². The van der Waals surface area contributed by atoms with Crippen molar-refractivity contribution in [3.05, 3.63) is 114 Å². The zero-order chi connectivity index (χ0) is 30.7. The molecule has 0 unspecified atom stereocenters. The minimum absolute atomic E-state index is 0.00647. The van der Waals surface area contributed by atoms with E-state index in [2.05, 4.69) is 10.0 Å². The molecule has 4 aromatic carbocycles. The van der Waals surface area contributed by atoms with E-state index in [1.165, 1.54) is 30.3 Å². The summed E-state index contributed by atoms with van der Waals surface area (Å²) >= 11 is 0. The Labute approximate surface area is 241 Å². The highest BCUT2D eigenvalue weighted by atomic mass is 32.2. The molecule has 0 aromatic heterocycles. The third kappa shape index (κ3) is 7.09. The Balaban J connectivity index is 1.52. The summed E-state index contributed by atoms with van der Waals surface area (Å²) in [6.45, 7) is 2.97. The highest BCUT2D eigenvalue weighted by Gasteiger charge is 2.31. The number of aryl methyl sites for hydroxylation is 2. The van der Waals surface area contributed by atoms with Crippen molar-refractivity contribution < 1.29 is 34.8 Å². The standard InChI is InChI=1S/C29H26F3N3O5S2/c1-20-10-14-26(15-11-20)42(39,40)35(27-9-4-3-6-21(27)2)19-28(36)33-23-12-16-25(17-13-23)41(37,38)34-24-8-5-7-22(18-24)29(30,31)32/h3-18,34H,19H2,1-2H3,(H,33,36). The number of benzene rings is 4. The fourth-order valence-corrected chi connectivity index (χ4v) is 6.54. The third-order valence-corrected chi connectivity index (χ3v) is 9.34. The van der Waals surface area contributed by atoms with Crippen LogP contribution < -0.4 is 14.3 Å². The number of nitrogens with zero attached hydrogens (tertiary/aromatic N) is 1. The fraction of sp³-hybridized carbons (Fsp3) is 0.138. The van der Waals surface area contributed by atoms with Gasteiger partial charge in [-0.25, -0.2) is 16.8 Å². The molecule has 220 valence electrons. The number of carbonyl (C=O) groups excluding carboxylic acids is 1. The third-order valence-electron chi connectivity index (χ3n) is 6.17. The Morgan fingerprint density at radius 2 is 1.38 bits per heavy atom. The second kappa shape index (κ2) is 11.9. The number of alkyl halides is 3. The van der Waals surface area contributed by atoms with Crippen LogP contribution in [0.3, 0.4) is 0 Å². The number of hydrogen-bond acceptors (Lipinski definition) is 5. The minimum atomic E-state index is -4.64.